The van der Waals surface area contributed by atoms with E-state index in [1.54, 1.807) is 18.2 Å². The molecule has 2 heterocycles. The second-order valence-electron chi connectivity index (χ2n) is 7.09. The average molecular weight is 476 g/mol. The van der Waals surface area contributed by atoms with Crippen LogP contribution in [-0.2, 0) is 4.79 Å². The first-order valence-corrected chi connectivity index (χ1v) is 10.6. The maximum atomic E-state index is 12.5. The smallest absolute Gasteiger partial charge is 0.220 e. The molecule has 0 spiro atoms. The third-order valence-corrected chi connectivity index (χ3v) is 5.64. The van der Waals surface area contributed by atoms with Gasteiger partial charge in [-0.3, -0.25) is 9.59 Å². The summed E-state index contributed by atoms with van der Waals surface area (Å²) in [6.07, 6.45) is 0.209. The summed E-state index contributed by atoms with van der Waals surface area (Å²) in [5.74, 6) is 2.23. The Morgan fingerprint density at radius 1 is 0.900 bits per heavy atom. The monoisotopic (exact) mass is 475 g/mol. The minimum Gasteiger partial charge on any atom is -0.486 e. The number of Topliss-reactive ketones (excluding diaryl/α,β-unsaturated/α-hetero) is 1. The Morgan fingerprint density at radius 3 is 2.20 bits per heavy atom. The molecule has 0 aliphatic carbocycles. The molecule has 2 aromatic rings. The van der Waals surface area contributed by atoms with Gasteiger partial charge < -0.3 is 24.3 Å². The van der Waals surface area contributed by atoms with Gasteiger partial charge in [-0.05, 0) is 42.8 Å². The first-order chi connectivity index (χ1) is 14.5. The lowest BCUT2D eigenvalue weighted by molar-refractivity contribution is -0.121. The minimum absolute atomic E-state index is 0.0970. The van der Waals surface area contributed by atoms with Crippen molar-refractivity contribution in [3.63, 3.8) is 0 Å². The predicted octanol–water partition coefficient (Wildman–Crippen LogP) is 3.83. The van der Waals surface area contributed by atoms with E-state index in [0.717, 1.165) is 10.0 Å². The Kier molecular flexibility index (Phi) is 6.13. The molecule has 0 aromatic heterocycles. The van der Waals surface area contributed by atoms with Crippen LogP contribution in [0.25, 0.3) is 0 Å². The standard InChI is InChI=1S/C22H22BrNO6/c1-13(15-11-20-21(12-16(15)23)30-9-8-29-20)24-22(26)5-3-17(25)14-2-4-18-19(10-14)28-7-6-27-18/h2,4,10-13H,3,5-9H2,1H3,(H,24,26). The predicted molar refractivity (Wildman–Crippen MR) is 113 cm³/mol. The van der Waals surface area contributed by atoms with E-state index in [1.807, 2.05) is 19.1 Å². The van der Waals surface area contributed by atoms with Crippen molar-refractivity contribution in [3.05, 3.63) is 45.9 Å². The zero-order valence-corrected chi connectivity index (χ0v) is 18.1. The third-order valence-electron chi connectivity index (χ3n) is 4.95. The van der Waals surface area contributed by atoms with Crippen LogP contribution in [0.3, 0.4) is 0 Å². The van der Waals surface area contributed by atoms with Crippen LogP contribution in [0.2, 0.25) is 0 Å². The molecule has 1 unspecified atom stereocenters. The number of nitrogens with one attached hydrogen (secondary N) is 1. The number of amides is 1. The number of ether oxygens (including phenoxy) is 4. The van der Waals surface area contributed by atoms with Crippen LogP contribution in [0.4, 0.5) is 0 Å². The Balaban J connectivity index is 1.34. The summed E-state index contributed by atoms with van der Waals surface area (Å²) in [6, 6.07) is 8.55. The van der Waals surface area contributed by atoms with Crippen LogP contribution in [0.15, 0.2) is 34.8 Å². The molecule has 158 valence electrons. The average Bonchev–Trinajstić information content (AvgIpc) is 2.76. The summed E-state index contributed by atoms with van der Waals surface area (Å²) < 4.78 is 23.0. The van der Waals surface area contributed by atoms with Crippen molar-refractivity contribution in [1.29, 1.82) is 0 Å². The molecule has 0 saturated heterocycles. The Morgan fingerprint density at radius 2 is 1.50 bits per heavy atom. The van der Waals surface area contributed by atoms with Crippen LogP contribution in [0, 0.1) is 0 Å². The van der Waals surface area contributed by atoms with Gasteiger partial charge in [0.2, 0.25) is 5.91 Å². The number of carbonyl (C=O) groups excluding carboxylic acids is 2. The number of fused-ring (bicyclic) bond motifs is 2. The molecule has 1 atom stereocenters. The van der Waals surface area contributed by atoms with Gasteiger partial charge in [-0.1, -0.05) is 15.9 Å². The normalized spacial score (nSPS) is 15.3. The number of carbonyl (C=O) groups is 2. The highest BCUT2D eigenvalue weighted by Crippen LogP contribution is 2.38. The van der Waals surface area contributed by atoms with E-state index in [4.69, 9.17) is 18.9 Å². The van der Waals surface area contributed by atoms with Gasteiger partial charge in [0.25, 0.3) is 0 Å². The molecule has 0 saturated carbocycles. The summed E-state index contributed by atoms with van der Waals surface area (Å²) in [4.78, 5) is 24.9. The molecule has 0 radical (unpaired) electrons. The topological polar surface area (TPSA) is 83.1 Å². The Bertz CT molecular complexity index is 976. The largest absolute Gasteiger partial charge is 0.486 e. The molecule has 0 fully saturated rings. The van der Waals surface area contributed by atoms with Crippen LogP contribution in [0.5, 0.6) is 23.0 Å². The first kappa shape index (κ1) is 20.5. The Hall–Kier alpha value is -2.74. The van der Waals surface area contributed by atoms with Crippen molar-refractivity contribution in [1.82, 2.24) is 5.32 Å². The highest BCUT2D eigenvalue weighted by molar-refractivity contribution is 9.10. The molecule has 4 rings (SSSR count). The minimum atomic E-state index is -0.257. The maximum absolute atomic E-state index is 12.5. The van der Waals surface area contributed by atoms with E-state index in [0.29, 0.717) is 55.0 Å². The van der Waals surface area contributed by atoms with Crippen LogP contribution in [0.1, 0.15) is 41.7 Å². The summed E-state index contributed by atoms with van der Waals surface area (Å²) in [6.45, 7) is 3.86. The van der Waals surface area contributed by atoms with Crippen molar-refractivity contribution in [2.45, 2.75) is 25.8 Å². The van der Waals surface area contributed by atoms with Gasteiger partial charge in [0.05, 0.1) is 6.04 Å². The van der Waals surface area contributed by atoms with Crippen molar-refractivity contribution in [2.24, 2.45) is 0 Å². The van der Waals surface area contributed by atoms with Gasteiger partial charge in [0.15, 0.2) is 28.8 Å². The SMILES string of the molecule is CC(NC(=O)CCC(=O)c1ccc2c(c1)OCCO2)c1cc2c(cc1Br)OCCO2. The van der Waals surface area contributed by atoms with Gasteiger partial charge >= 0.3 is 0 Å². The van der Waals surface area contributed by atoms with Gasteiger partial charge in [-0.25, -0.2) is 0 Å². The van der Waals surface area contributed by atoms with Crippen molar-refractivity contribution < 1.29 is 28.5 Å². The van der Waals surface area contributed by atoms with E-state index in [1.165, 1.54) is 0 Å². The van der Waals surface area contributed by atoms with Crippen LogP contribution >= 0.6 is 15.9 Å². The fourth-order valence-corrected chi connectivity index (χ4v) is 4.06. The van der Waals surface area contributed by atoms with E-state index in [2.05, 4.69) is 21.2 Å². The highest BCUT2D eigenvalue weighted by Gasteiger charge is 2.20. The second kappa shape index (κ2) is 8.95. The van der Waals surface area contributed by atoms with Crippen molar-refractivity contribution in [2.75, 3.05) is 26.4 Å². The number of rotatable bonds is 6. The fourth-order valence-electron chi connectivity index (χ4n) is 3.39. The lowest BCUT2D eigenvalue weighted by Crippen LogP contribution is -2.27. The number of halogens is 1. The van der Waals surface area contributed by atoms with E-state index < -0.39 is 0 Å². The number of hydrogen-bond donors (Lipinski definition) is 1. The summed E-state index contributed by atoms with van der Waals surface area (Å²) in [5.41, 5.74) is 1.39. The van der Waals surface area contributed by atoms with Gasteiger partial charge in [-0.2, -0.15) is 0 Å². The summed E-state index contributed by atoms with van der Waals surface area (Å²) in [5, 5.41) is 2.94. The zero-order chi connectivity index (χ0) is 21.1. The molecular weight excluding hydrogens is 454 g/mol. The molecular formula is C22H22BrNO6. The molecule has 1 N–H and O–H groups in total. The second-order valence-corrected chi connectivity index (χ2v) is 7.94. The fraction of sp³-hybridized carbons (Fsp3) is 0.364. The molecule has 2 aliphatic heterocycles. The summed E-state index contributed by atoms with van der Waals surface area (Å²) in [7, 11) is 0. The summed E-state index contributed by atoms with van der Waals surface area (Å²) >= 11 is 3.53. The molecule has 30 heavy (non-hydrogen) atoms. The molecule has 2 aromatic carbocycles. The van der Waals surface area contributed by atoms with E-state index in [-0.39, 0.29) is 30.6 Å². The third kappa shape index (κ3) is 4.53. The highest BCUT2D eigenvalue weighted by atomic mass is 79.9. The van der Waals surface area contributed by atoms with E-state index >= 15 is 0 Å². The van der Waals surface area contributed by atoms with Crippen molar-refractivity contribution in [3.8, 4) is 23.0 Å². The van der Waals surface area contributed by atoms with Crippen LogP contribution < -0.4 is 24.3 Å². The lowest BCUT2D eigenvalue weighted by atomic mass is 10.0. The molecule has 1 amide bonds. The maximum Gasteiger partial charge on any atom is 0.220 e. The molecule has 2 aliphatic rings. The van der Waals surface area contributed by atoms with Crippen molar-refractivity contribution >= 4 is 27.6 Å². The molecule has 8 heteroatoms. The molecule has 7 nitrogen and oxygen atoms in total. The van der Waals surface area contributed by atoms with Crippen LogP contribution in [-0.4, -0.2) is 38.1 Å². The number of hydrogen-bond acceptors (Lipinski definition) is 6. The number of benzene rings is 2. The number of ketones is 1. The molecule has 0 bridgehead atoms. The van der Waals surface area contributed by atoms with Gasteiger partial charge in [-0.15, -0.1) is 0 Å². The zero-order valence-electron chi connectivity index (χ0n) is 16.5. The lowest BCUT2D eigenvalue weighted by Gasteiger charge is -2.22. The first-order valence-electron chi connectivity index (χ1n) is 9.82. The quantitative estimate of drug-likeness (QED) is 0.639. The van der Waals surface area contributed by atoms with E-state index in [9.17, 15) is 9.59 Å². The van der Waals surface area contributed by atoms with Gasteiger partial charge in [0.1, 0.15) is 26.4 Å². The van der Waals surface area contributed by atoms with Gasteiger partial charge in [0, 0.05) is 22.9 Å². The Labute approximate surface area is 182 Å².